The number of hydrogen-bond acceptors (Lipinski definition) is 5. The number of fused-ring (bicyclic) bond motifs is 1. The van der Waals surface area contributed by atoms with Crippen LogP contribution in [0.3, 0.4) is 0 Å². The molecular weight excluding hydrogens is 320 g/mol. The predicted octanol–water partition coefficient (Wildman–Crippen LogP) is 1.27. The third-order valence-electron chi connectivity index (χ3n) is 4.51. The average Bonchev–Trinajstić information content (AvgIpc) is 2.62. The zero-order chi connectivity index (χ0) is 17.8. The molecule has 0 unspecified atom stereocenters. The predicted molar refractivity (Wildman–Crippen MR) is 95.8 cm³/mol. The number of rotatable bonds is 5. The first-order chi connectivity index (χ1) is 12.1. The average molecular weight is 342 g/mol. The van der Waals surface area contributed by atoms with Gasteiger partial charge in [-0.05, 0) is 18.1 Å². The van der Waals surface area contributed by atoms with Gasteiger partial charge in [0.25, 0.3) is 5.91 Å². The van der Waals surface area contributed by atoms with E-state index >= 15 is 0 Å². The molecule has 2 aromatic rings. The largest absolute Gasteiger partial charge is 0.422 e. The number of carbonyl (C=O) groups excluding carboxylic acids is 1. The maximum absolute atomic E-state index is 12.7. The Balaban J connectivity index is 1.86. The molecule has 1 aliphatic rings. The summed E-state index contributed by atoms with van der Waals surface area (Å²) in [5.41, 5.74) is 0.851. The van der Waals surface area contributed by atoms with E-state index in [1.165, 1.54) is 0 Å². The molecule has 0 saturated carbocycles. The van der Waals surface area contributed by atoms with Crippen LogP contribution >= 0.6 is 0 Å². The van der Waals surface area contributed by atoms with Gasteiger partial charge in [-0.1, -0.05) is 24.3 Å². The molecule has 1 N–H and O–H groups in total. The van der Waals surface area contributed by atoms with Gasteiger partial charge in [-0.2, -0.15) is 0 Å². The molecule has 3 rings (SSSR count). The molecule has 1 amide bonds. The number of allylic oxidation sites excluding steroid dienone is 1. The molecule has 6 heteroatoms. The zero-order valence-corrected chi connectivity index (χ0v) is 14.1. The minimum Gasteiger partial charge on any atom is -0.422 e. The van der Waals surface area contributed by atoms with Crippen LogP contribution in [0.1, 0.15) is 15.9 Å². The summed E-state index contributed by atoms with van der Waals surface area (Å²) in [6, 6.07) is 7.22. The second kappa shape index (κ2) is 7.63. The summed E-state index contributed by atoms with van der Waals surface area (Å²) in [6.07, 6.45) is 2.35. The Kier molecular flexibility index (Phi) is 5.31. The highest BCUT2D eigenvalue weighted by molar-refractivity contribution is 5.97. The van der Waals surface area contributed by atoms with E-state index < -0.39 is 5.63 Å². The number of nitrogens with zero attached hydrogens (tertiary/aromatic N) is 2. The fraction of sp³-hybridized carbons (Fsp3) is 0.368. The molecular formula is C19H22N2O4. The first kappa shape index (κ1) is 17.4. The first-order valence-corrected chi connectivity index (χ1v) is 8.43. The van der Waals surface area contributed by atoms with Gasteiger partial charge >= 0.3 is 5.63 Å². The fourth-order valence-electron chi connectivity index (χ4n) is 3.16. The lowest BCUT2D eigenvalue weighted by atomic mass is 10.1. The van der Waals surface area contributed by atoms with Crippen molar-refractivity contribution in [2.45, 2.75) is 6.42 Å². The zero-order valence-electron chi connectivity index (χ0n) is 14.1. The summed E-state index contributed by atoms with van der Waals surface area (Å²) in [4.78, 5) is 28.8. The van der Waals surface area contributed by atoms with Crippen LogP contribution < -0.4 is 5.63 Å². The van der Waals surface area contributed by atoms with Crippen LogP contribution in [0.5, 0.6) is 0 Å². The van der Waals surface area contributed by atoms with Crippen molar-refractivity contribution in [1.82, 2.24) is 9.80 Å². The lowest BCUT2D eigenvalue weighted by Gasteiger charge is -2.34. The van der Waals surface area contributed by atoms with Crippen LogP contribution in [0.4, 0.5) is 0 Å². The van der Waals surface area contributed by atoms with Gasteiger partial charge in [-0.3, -0.25) is 9.69 Å². The number of β-amino-alcohol motifs (C(OH)–C–C–N with tert-alkyl or cyclic N) is 1. The van der Waals surface area contributed by atoms with Gasteiger partial charge in [0.1, 0.15) is 11.1 Å². The van der Waals surface area contributed by atoms with E-state index in [4.69, 9.17) is 9.52 Å². The second-order valence-electron chi connectivity index (χ2n) is 6.13. The summed E-state index contributed by atoms with van der Waals surface area (Å²) >= 11 is 0. The van der Waals surface area contributed by atoms with Crippen molar-refractivity contribution in [3.05, 3.63) is 58.5 Å². The quantitative estimate of drug-likeness (QED) is 0.654. The Labute approximate surface area is 146 Å². The Morgan fingerprint density at radius 2 is 2.04 bits per heavy atom. The molecule has 1 fully saturated rings. The van der Waals surface area contributed by atoms with Crippen LogP contribution in [0.2, 0.25) is 0 Å². The fourth-order valence-corrected chi connectivity index (χ4v) is 3.16. The molecule has 132 valence electrons. The highest BCUT2D eigenvalue weighted by atomic mass is 16.4. The van der Waals surface area contributed by atoms with E-state index in [1.807, 2.05) is 18.2 Å². The van der Waals surface area contributed by atoms with Crippen LogP contribution in [-0.2, 0) is 6.42 Å². The summed E-state index contributed by atoms with van der Waals surface area (Å²) in [6.45, 7) is 6.87. The Hall–Kier alpha value is -2.44. The topological polar surface area (TPSA) is 74.0 Å². The van der Waals surface area contributed by atoms with E-state index in [0.717, 1.165) is 10.9 Å². The number of benzene rings is 1. The molecule has 0 bridgehead atoms. The van der Waals surface area contributed by atoms with Crippen molar-refractivity contribution in [3.63, 3.8) is 0 Å². The molecule has 2 heterocycles. The van der Waals surface area contributed by atoms with E-state index in [-0.39, 0.29) is 18.1 Å². The smallest absolute Gasteiger partial charge is 0.349 e. The number of hydrogen-bond donors (Lipinski definition) is 1. The van der Waals surface area contributed by atoms with Crippen LogP contribution in [0.15, 0.2) is 46.1 Å². The van der Waals surface area contributed by atoms with Gasteiger partial charge in [0.2, 0.25) is 0 Å². The van der Waals surface area contributed by atoms with Crippen molar-refractivity contribution < 1.29 is 14.3 Å². The number of aliphatic hydroxyl groups is 1. The first-order valence-electron chi connectivity index (χ1n) is 8.43. The third kappa shape index (κ3) is 3.65. The summed E-state index contributed by atoms with van der Waals surface area (Å²) in [5, 5.41) is 9.72. The van der Waals surface area contributed by atoms with Crippen LogP contribution in [0, 0.1) is 0 Å². The van der Waals surface area contributed by atoms with E-state index in [1.54, 1.807) is 17.0 Å². The molecule has 0 aliphatic carbocycles. The van der Waals surface area contributed by atoms with Gasteiger partial charge < -0.3 is 14.4 Å². The van der Waals surface area contributed by atoms with Crippen molar-refractivity contribution in [2.75, 3.05) is 39.3 Å². The normalized spacial score (nSPS) is 15.5. The SMILES string of the molecule is C=CCc1cccc2cc(C(=O)N3CCN(CCO)CC3)c(=O)oc12. The minimum absolute atomic E-state index is 0.0684. The maximum atomic E-state index is 12.7. The van der Waals surface area contributed by atoms with Crippen LogP contribution in [-0.4, -0.2) is 60.1 Å². The number of para-hydroxylation sites is 1. The van der Waals surface area contributed by atoms with Gasteiger partial charge in [-0.15, -0.1) is 6.58 Å². The monoisotopic (exact) mass is 342 g/mol. The summed E-state index contributed by atoms with van der Waals surface area (Å²) in [5.74, 6) is -0.298. The molecule has 1 aromatic heterocycles. The van der Waals surface area contributed by atoms with Crippen molar-refractivity contribution in [2.24, 2.45) is 0 Å². The highest BCUT2D eigenvalue weighted by Gasteiger charge is 2.24. The number of aliphatic hydroxyl groups excluding tert-OH is 1. The van der Waals surface area contributed by atoms with E-state index in [9.17, 15) is 9.59 Å². The standard InChI is InChI=1S/C19H22N2O4/c1-2-4-14-5-3-6-15-13-16(19(24)25-17(14)15)18(23)21-9-7-20(8-10-21)11-12-22/h2-3,5-6,13,22H,1,4,7-12H2. The summed E-state index contributed by atoms with van der Waals surface area (Å²) in [7, 11) is 0. The molecule has 0 spiro atoms. The summed E-state index contributed by atoms with van der Waals surface area (Å²) < 4.78 is 5.45. The lowest BCUT2D eigenvalue weighted by molar-refractivity contribution is 0.0611. The number of amides is 1. The van der Waals surface area contributed by atoms with Gasteiger partial charge in [0.15, 0.2) is 0 Å². The van der Waals surface area contributed by atoms with Crippen molar-refractivity contribution in [3.8, 4) is 0 Å². The maximum Gasteiger partial charge on any atom is 0.349 e. The Bertz CT molecular complexity index is 835. The molecule has 0 atom stereocenters. The van der Waals surface area contributed by atoms with Gasteiger partial charge in [-0.25, -0.2) is 4.79 Å². The van der Waals surface area contributed by atoms with Gasteiger partial charge in [0.05, 0.1) is 6.61 Å². The second-order valence-corrected chi connectivity index (χ2v) is 6.13. The van der Waals surface area contributed by atoms with Crippen molar-refractivity contribution >= 4 is 16.9 Å². The van der Waals surface area contributed by atoms with Crippen molar-refractivity contribution in [1.29, 1.82) is 0 Å². The highest BCUT2D eigenvalue weighted by Crippen LogP contribution is 2.20. The number of carbonyl (C=O) groups is 1. The van der Waals surface area contributed by atoms with Gasteiger partial charge in [0, 0.05) is 38.1 Å². The molecule has 1 aromatic carbocycles. The van der Waals surface area contributed by atoms with Crippen LogP contribution in [0.25, 0.3) is 11.0 Å². The number of piperazine rings is 1. The molecule has 6 nitrogen and oxygen atoms in total. The molecule has 0 radical (unpaired) electrons. The Morgan fingerprint density at radius 3 is 2.72 bits per heavy atom. The lowest BCUT2D eigenvalue weighted by Crippen LogP contribution is -2.50. The van der Waals surface area contributed by atoms with E-state index in [0.29, 0.717) is 44.7 Å². The molecule has 1 aliphatic heterocycles. The Morgan fingerprint density at radius 1 is 1.28 bits per heavy atom. The molecule has 1 saturated heterocycles. The third-order valence-corrected chi connectivity index (χ3v) is 4.51. The van der Waals surface area contributed by atoms with E-state index in [2.05, 4.69) is 11.5 Å². The minimum atomic E-state index is -0.605. The molecule has 25 heavy (non-hydrogen) atoms.